The van der Waals surface area contributed by atoms with Crippen LogP contribution >= 0.6 is 0 Å². The SMILES string of the molecule is CC1(C)CC(OC(=O)c2ccc(C(=O)OCCOC(=O)c3ccc(C(=O)OC4CC(C)(C)N([O])C(C)(C)C4)cc3)cc2)CC(C)(C)N1[O]. The summed E-state index contributed by atoms with van der Waals surface area (Å²) in [5.74, 6) is -2.41. The van der Waals surface area contributed by atoms with Crippen LogP contribution in [-0.2, 0) is 29.4 Å². The summed E-state index contributed by atoms with van der Waals surface area (Å²) in [5.41, 5.74) is -1.78. The maximum atomic E-state index is 12.8. The van der Waals surface area contributed by atoms with Crippen molar-refractivity contribution in [2.45, 2.75) is 115 Å². The van der Waals surface area contributed by atoms with E-state index in [0.717, 1.165) is 10.1 Å². The number of hydroxylamine groups is 4. The fourth-order valence-electron chi connectivity index (χ4n) is 6.87. The highest BCUT2D eigenvalue weighted by molar-refractivity contribution is 5.94. The second-order valence-electron chi connectivity index (χ2n) is 15.1. The molecule has 0 atom stereocenters. The van der Waals surface area contributed by atoms with Gasteiger partial charge in [-0.2, -0.15) is 0 Å². The van der Waals surface area contributed by atoms with Crippen molar-refractivity contribution in [2.75, 3.05) is 13.2 Å². The van der Waals surface area contributed by atoms with E-state index in [1.165, 1.54) is 48.5 Å². The molecule has 2 heterocycles. The molecular weight excluding hydrogens is 620 g/mol. The largest absolute Gasteiger partial charge is 0.459 e. The third kappa shape index (κ3) is 8.59. The van der Waals surface area contributed by atoms with Gasteiger partial charge >= 0.3 is 23.9 Å². The molecule has 2 fully saturated rings. The Labute approximate surface area is 281 Å². The lowest BCUT2D eigenvalue weighted by molar-refractivity contribution is -0.298. The lowest BCUT2D eigenvalue weighted by atomic mass is 9.80. The molecular formula is C36H46N2O10. The number of piperidine rings is 2. The molecule has 2 aromatic carbocycles. The zero-order valence-corrected chi connectivity index (χ0v) is 29.0. The smallest absolute Gasteiger partial charge is 0.338 e. The van der Waals surface area contributed by atoms with Crippen molar-refractivity contribution in [3.63, 3.8) is 0 Å². The van der Waals surface area contributed by atoms with Gasteiger partial charge in [-0.05, 0) is 104 Å². The van der Waals surface area contributed by atoms with Gasteiger partial charge < -0.3 is 18.9 Å². The third-order valence-electron chi connectivity index (χ3n) is 8.92. The summed E-state index contributed by atoms with van der Waals surface area (Å²) in [6.45, 7) is 14.2. The van der Waals surface area contributed by atoms with E-state index in [1.807, 2.05) is 55.4 Å². The van der Waals surface area contributed by atoms with Gasteiger partial charge in [0.15, 0.2) is 0 Å². The van der Waals surface area contributed by atoms with Crippen LogP contribution in [0.2, 0.25) is 0 Å². The lowest BCUT2D eigenvalue weighted by Gasteiger charge is -2.49. The zero-order valence-electron chi connectivity index (χ0n) is 29.0. The van der Waals surface area contributed by atoms with Crippen LogP contribution in [0.4, 0.5) is 0 Å². The topological polar surface area (TPSA) is 151 Å². The molecule has 2 aliphatic heterocycles. The Morgan fingerprint density at radius 2 is 0.729 bits per heavy atom. The van der Waals surface area contributed by atoms with Crippen molar-refractivity contribution >= 4 is 23.9 Å². The Morgan fingerprint density at radius 1 is 0.500 bits per heavy atom. The van der Waals surface area contributed by atoms with Gasteiger partial charge in [0.05, 0.1) is 22.3 Å². The predicted octanol–water partition coefficient (Wildman–Crippen LogP) is 5.75. The van der Waals surface area contributed by atoms with E-state index in [1.54, 1.807) is 0 Å². The highest BCUT2D eigenvalue weighted by Crippen LogP contribution is 2.39. The number of carbonyl (C=O) groups excluding carboxylic acids is 4. The Hall–Kier alpha value is -3.84. The van der Waals surface area contributed by atoms with Gasteiger partial charge in [-0.1, -0.05) is 0 Å². The van der Waals surface area contributed by atoms with E-state index in [9.17, 15) is 29.6 Å². The Bertz CT molecular complexity index is 1350. The number of nitrogens with zero attached hydrogens (tertiary/aromatic N) is 2. The quantitative estimate of drug-likeness (QED) is 0.184. The summed E-state index contributed by atoms with van der Waals surface area (Å²) >= 11 is 0. The molecule has 12 nitrogen and oxygen atoms in total. The van der Waals surface area contributed by atoms with Crippen molar-refractivity contribution in [1.29, 1.82) is 0 Å². The predicted molar refractivity (Wildman–Crippen MR) is 172 cm³/mol. The molecule has 0 bridgehead atoms. The summed E-state index contributed by atoms with van der Waals surface area (Å²) in [4.78, 5) is 50.5. The summed E-state index contributed by atoms with van der Waals surface area (Å²) in [5, 5.41) is 27.3. The molecule has 2 aliphatic rings. The third-order valence-corrected chi connectivity index (χ3v) is 8.92. The van der Waals surface area contributed by atoms with Crippen molar-refractivity contribution in [1.82, 2.24) is 10.1 Å². The van der Waals surface area contributed by atoms with E-state index in [0.29, 0.717) is 25.7 Å². The molecule has 2 aromatic rings. The molecule has 0 unspecified atom stereocenters. The molecule has 0 amide bonds. The number of rotatable bonds is 9. The lowest BCUT2D eigenvalue weighted by Crippen LogP contribution is -2.60. The van der Waals surface area contributed by atoms with Crippen LogP contribution in [0.25, 0.3) is 0 Å². The van der Waals surface area contributed by atoms with Gasteiger partial charge in [0.2, 0.25) is 0 Å². The van der Waals surface area contributed by atoms with Crippen molar-refractivity contribution < 1.29 is 48.5 Å². The number of carbonyl (C=O) groups is 4. The molecule has 0 N–H and O–H groups in total. The first-order valence-corrected chi connectivity index (χ1v) is 16.1. The summed E-state index contributed by atoms with van der Waals surface area (Å²) < 4.78 is 21.8. The van der Waals surface area contributed by atoms with Gasteiger partial charge in [0.1, 0.15) is 25.4 Å². The molecule has 0 aliphatic carbocycles. The Morgan fingerprint density at radius 3 is 0.979 bits per heavy atom. The maximum Gasteiger partial charge on any atom is 0.338 e. The minimum absolute atomic E-state index is 0.197. The number of hydrogen-bond acceptors (Lipinski definition) is 10. The van der Waals surface area contributed by atoms with Crippen molar-refractivity contribution in [3.05, 3.63) is 70.8 Å². The molecule has 0 aromatic heterocycles. The van der Waals surface area contributed by atoms with E-state index in [-0.39, 0.29) is 35.5 Å². The molecule has 48 heavy (non-hydrogen) atoms. The molecule has 12 heteroatoms. The highest BCUT2D eigenvalue weighted by Gasteiger charge is 2.48. The second kappa shape index (κ2) is 13.9. The van der Waals surface area contributed by atoms with Crippen LogP contribution in [0, 0.1) is 0 Å². The summed E-state index contributed by atoms with van der Waals surface area (Å²) in [7, 11) is 0. The number of benzene rings is 2. The summed E-state index contributed by atoms with van der Waals surface area (Å²) in [6.07, 6.45) is 0.779. The zero-order chi connectivity index (χ0) is 35.7. The Balaban J connectivity index is 1.20. The van der Waals surface area contributed by atoms with E-state index >= 15 is 0 Å². The number of hydrogen-bond donors (Lipinski definition) is 0. The van der Waals surface area contributed by atoms with Crippen molar-refractivity contribution in [3.8, 4) is 0 Å². The summed E-state index contributed by atoms with van der Waals surface area (Å²) in [6, 6.07) is 11.6. The molecule has 2 radical (unpaired) electrons. The first kappa shape index (κ1) is 37.0. The minimum atomic E-state index is -0.677. The molecule has 2 saturated heterocycles. The normalized spacial score (nSPS) is 20.8. The molecule has 0 saturated carbocycles. The van der Waals surface area contributed by atoms with Gasteiger partial charge in [-0.3, -0.25) is 0 Å². The first-order chi connectivity index (χ1) is 22.2. The van der Waals surface area contributed by atoms with Crippen LogP contribution in [0.3, 0.4) is 0 Å². The molecule has 4 rings (SSSR count). The minimum Gasteiger partial charge on any atom is -0.459 e. The van der Waals surface area contributed by atoms with E-state index in [4.69, 9.17) is 18.9 Å². The maximum absolute atomic E-state index is 12.8. The number of ether oxygens (including phenoxy) is 4. The van der Waals surface area contributed by atoms with Crippen LogP contribution in [0.15, 0.2) is 48.5 Å². The fraction of sp³-hybridized carbons (Fsp3) is 0.556. The fourth-order valence-corrected chi connectivity index (χ4v) is 6.87. The van der Waals surface area contributed by atoms with Gasteiger partial charge in [0.25, 0.3) is 0 Å². The van der Waals surface area contributed by atoms with Crippen LogP contribution < -0.4 is 0 Å². The standard InChI is InChI=1S/C36H46N2O10/c1-33(2)19-27(20-34(3,4)37(33)43)47-31(41)25-13-9-23(10-14-25)29(39)45-17-18-46-30(40)24-11-15-26(16-12-24)32(42)48-28-21-35(5,6)38(44)36(7,8)22-28/h9-16,27-28H,17-22H2,1-8H3. The van der Waals surface area contributed by atoms with Crippen LogP contribution in [0.1, 0.15) is 123 Å². The van der Waals surface area contributed by atoms with E-state index in [2.05, 4.69) is 0 Å². The molecule has 0 spiro atoms. The second-order valence-corrected chi connectivity index (χ2v) is 15.1. The monoisotopic (exact) mass is 666 g/mol. The van der Waals surface area contributed by atoms with Crippen LogP contribution in [-0.4, -0.2) is 81.6 Å². The highest BCUT2D eigenvalue weighted by atomic mass is 16.6. The average Bonchev–Trinajstić information content (AvgIpc) is 3.00. The first-order valence-electron chi connectivity index (χ1n) is 16.1. The van der Waals surface area contributed by atoms with E-state index < -0.39 is 58.2 Å². The average molecular weight is 667 g/mol. The van der Waals surface area contributed by atoms with Crippen LogP contribution in [0.5, 0.6) is 0 Å². The van der Waals surface area contributed by atoms with Gasteiger partial charge in [0, 0.05) is 47.8 Å². The van der Waals surface area contributed by atoms with Gasteiger partial charge in [-0.15, -0.1) is 20.5 Å². The molecule has 260 valence electrons. The van der Waals surface area contributed by atoms with Crippen molar-refractivity contribution in [2.24, 2.45) is 0 Å². The number of esters is 4. The Kier molecular flexibility index (Phi) is 10.7. The van der Waals surface area contributed by atoms with Gasteiger partial charge in [-0.25, -0.2) is 19.2 Å².